The Morgan fingerprint density at radius 3 is 2.79 bits per heavy atom. The molecule has 0 amide bonds. The van der Waals surface area contributed by atoms with Gasteiger partial charge < -0.3 is 15.0 Å². The number of benzene rings is 1. The van der Waals surface area contributed by atoms with Gasteiger partial charge in [0, 0.05) is 49.8 Å². The van der Waals surface area contributed by atoms with Gasteiger partial charge in [0.1, 0.15) is 6.17 Å². The van der Waals surface area contributed by atoms with E-state index in [4.69, 9.17) is 4.74 Å². The molecule has 0 radical (unpaired) electrons. The highest BCUT2D eigenvalue weighted by Crippen LogP contribution is 2.39. The number of ether oxygens (including phenoxy) is 1. The van der Waals surface area contributed by atoms with Gasteiger partial charge >= 0.3 is 5.97 Å². The summed E-state index contributed by atoms with van der Waals surface area (Å²) >= 11 is 0. The number of likely N-dealkylation sites (tertiary alicyclic amines) is 1. The number of esters is 1. The third kappa shape index (κ3) is 3.94. The van der Waals surface area contributed by atoms with Gasteiger partial charge in [-0.2, -0.15) is 5.10 Å². The van der Waals surface area contributed by atoms with E-state index in [0.29, 0.717) is 19.5 Å². The first-order valence-corrected chi connectivity index (χ1v) is 10.2. The number of carbonyl (C=O) groups is 1. The normalized spacial score (nSPS) is 21.9. The molecule has 1 spiro atoms. The molecule has 2 aliphatic heterocycles. The summed E-state index contributed by atoms with van der Waals surface area (Å²) in [5.41, 5.74) is 3.84. The first-order valence-electron chi connectivity index (χ1n) is 10.2. The minimum atomic E-state index is -0.785. The largest absolute Gasteiger partial charge is 0.469 e. The number of methoxy groups -OCH3 is 1. The summed E-state index contributed by atoms with van der Waals surface area (Å²) in [6.45, 7) is 7.37. The van der Waals surface area contributed by atoms with Crippen LogP contribution in [-0.4, -0.2) is 66.7 Å². The second-order valence-corrected chi connectivity index (χ2v) is 8.54. The van der Waals surface area contributed by atoms with E-state index in [2.05, 4.69) is 21.4 Å². The molecule has 2 aromatic rings. The first kappa shape index (κ1) is 20.0. The van der Waals surface area contributed by atoms with Crippen molar-refractivity contribution in [2.75, 3.05) is 39.8 Å². The molecule has 6 nitrogen and oxygen atoms in total. The van der Waals surface area contributed by atoms with Gasteiger partial charge in [0.05, 0.1) is 24.9 Å². The molecule has 4 rings (SSSR count). The van der Waals surface area contributed by atoms with Crippen LogP contribution in [0.3, 0.4) is 0 Å². The van der Waals surface area contributed by atoms with Crippen molar-refractivity contribution >= 4 is 5.97 Å². The summed E-state index contributed by atoms with van der Waals surface area (Å²) in [6.07, 6.45) is -0.482. The van der Waals surface area contributed by atoms with Crippen LogP contribution in [0.5, 0.6) is 0 Å². The standard InChI is InChI=1S/C22H29FN4O2/c1-15-7-16(2)27(25-15)19-6-4-5-17(8-19)18(9-21(28)29-3)11-26-13-22(14-26)12-24-10-20(22)23/h4-8,18,20,24H,9-14H2,1-3H3/t18-,20?/m1/s1. The van der Waals surface area contributed by atoms with Crippen molar-refractivity contribution in [3.05, 3.63) is 47.3 Å². The zero-order valence-corrected chi connectivity index (χ0v) is 17.3. The lowest BCUT2D eigenvalue weighted by Crippen LogP contribution is -2.61. The molecule has 7 heteroatoms. The monoisotopic (exact) mass is 400 g/mol. The molecule has 1 aromatic heterocycles. The molecule has 2 saturated heterocycles. The van der Waals surface area contributed by atoms with Crippen LogP contribution in [0, 0.1) is 19.3 Å². The maximum atomic E-state index is 14.2. The number of halogens is 1. The number of aromatic nitrogens is 2. The fourth-order valence-electron chi connectivity index (χ4n) is 4.74. The number of carbonyl (C=O) groups excluding carboxylic acids is 1. The zero-order chi connectivity index (χ0) is 20.6. The molecule has 0 bridgehead atoms. The van der Waals surface area contributed by atoms with Gasteiger partial charge in [-0.3, -0.25) is 4.79 Å². The molecule has 2 aliphatic rings. The Labute approximate surface area is 171 Å². The first-order chi connectivity index (χ1) is 13.9. The van der Waals surface area contributed by atoms with Gasteiger partial charge in [-0.15, -0.1) is 0 Å². The van der Waals surface area contributed by atoms with Crippen molar-refractivity contribution in [1.82, 2.24) is 20.0 Å². The average Bonchev–Trinajstić information content (AvgIpc) is 3.22. The Hall–Kier alpha value is -2.25. The summed E-state index contributed by atoms with van der Waals surface area (Å²) < 4.78 is 21.1. The molecule has 1 unspecified atom stereocenters. The van der Waals surface area contributed by atoms with Crippen LogP contribution in [0.2, 0.25) is 0 Å². The molecule has 0 aliphatic carbocycles. The van der Waals surface area contributed by atoms with Gasteiger partial charge in [-0.1, -0.05) is 12.1 Å². The Balaban J connectivity index is 1.53. The number of aryl methyl sites for hydroxylation is 2. The van der Waals surface area contributed by atoms with Gasteiger partial charge in [0.15, 0.2) is 0 Å². The number of rotatable bonds is 6. The number of nitrogens with zero attached hydrogens (tertiary/aromatic N) is 3. The van der Waals surface area contributed by atoms with E-state index in [1.807, 2.05) is 42.8 Å². The topological polar surface area (TPSA) is 59.4 Å². The van der Waals surface area contributed by atoms with Crippen LogP contribution in [0.4, 0.5) is 4.39 Å². The summed E-state index contributed by atoms with van der Waals surface area (Å²) in [6, 6.07) is 10.2. The molecule has 3 heterocycles. The second-order valence-electron chi connectivity index (χ2n) is 8.54. The number of alkyl halides is 1. The average molecular weight is 400 g/mol. The SMILES string of the molecule is COC(=O)C[C@H](CN1CC2(CNCC2F)C1)c1cccc(-n2nc(C)cc2C)c1. The van der Waals surface area contributed by atoms with E-state index in [9.17, 15) is 9.18 Å². The van der Waals surface area contributed by atoms with Crippen LogP contribution in [0.1, 0.15) is 29.3 Å². The highest BCUT2D eigenvalue weighted by atomic mass is 19.1. The Kier molecular flexibility index (Phi) is 5.44. The Morgan fingerprint density at radius 1 is 1.38 bits per heavy atom. The van der Waals surface area contributed by atoms with E-state index in [0.717, 1.165) is 42.3 Å². The van der Waals surface area contributed by atoms with Crippen molar-refractivity contribution in [3.8, 4) is 5.69 Å². The quantitative estimate of drug-likeness (QED) is 0.755. The summed E-state index contributed by atoms with van der Waals surface area (Å²) in [5.74, 6) is -0.239. The molecule has 29 heavy (non-hydrogen) atoms. The molecule has 2 fully saturated rings. The number of hydrogen-bond donors (Lipinski definition) is 1. The molecular formula is C22H29FN4O2. The van der Waals surface area contributed by atoms with Crippen molar-refractivity contribution in [2.45, 2.75) is 32.4 Å². The summed E-state index contributed by atoms with van der Waals surface area (Å²) in [7, 11) is 1.42. The molecule has 1 N–H and O–H groups in total. The fraction of sp³-hybridized carbons (Fsp3) is 0.545. The second kappa shape index (κ2) is 7.88. The minimum Gasteiger partial charge on any atom is -0.469 e. The van der Waals surface area contributed by atoms with E-state index >= 15 is 0 Å². The van der Waals surface area contributed by atoms with Crippen molar-refractivity contribution in [1.29, 1.82) is 0 Å². The van der Waals surface area contributed by atoms with Gasteiger partial charge in [0.2, 0.25) is 0 Å². The van der Waals surface area contributed by atoms with Crippen LogP contribution in [0.25, 0.3) is 5.69 Å². The van der Waals surface area contributed by atoms with E-state index in [1.54, 1.807) is 0 Å². The number of nitrogens with one attached hydrogen (secondary N) is 1. The molecule has 0 saturated carbocycles. The third-order valence-corrected chi connectivity index (χ3v) is 6.26. The Morgan fingerprint density at radius 2 is 2.17 bits per heavy atom. The highest BCUT2D eigenvalue weighted by Gasteiger charge is 2.52. The van der Waals surface area contributed by atoms with Gasteiger partial charge in [0.25, 0.3) is 0 Å². The minimum absolute atomic E-state index is 0.0101. The lowest BCUT2D eigenvalue weighted by Gasteiger charge is -2.49. The maximum absolute atomic E-state index is 14.2. The van der Waals surface area contributed by atoms with Crippen molar-refractivity contribution in [3.63, 3.8) is 0 Å². The van der Waals surface area contributed by atoms with Gasteiger partial charge in [-0.25, -0.2) is 9.07 Å². The molecule has 1 aromatic carbocycles. The van der Waals surface area contributed by atoms with Crippen LogP contribution in [0.15, 0.2) is 30.3 Å². The zero-order valence-electron chi connectivity index (χ0n) is 17.3. The Bertz CT molecular complexity index is 891. The van der Waals surface area contributed by atoms with Gasteiger partial charge in [-0.05, 0) is 37.6 Å². The van der Waals surface area contributed by atoms with E-state index in [1.165, 1.54) is 7.11 Å². The third-order valence-electron chi connectivity index (χ3n) is 6.26. The molecule has 156 valence electrons. The van der Waals surface area contributed by atoms with Crippen molar-refractivity contribution in [2.24, 2.45) is 5.41 Å². The predicted octanol–water partition coefficient (Wildman–Crippen LogP) is 2.38. The van der Waals surface area contributed by atoms with E-state index < -0.39 is 6.17 Å². The molecular weight excluding hydrogens is 371 g/mol. The fourth-order valence-corrected chi connectivity index (χ4v) is 4.74. The lowest BCUT2D eigenvalue weighted by atomic mass is 9.77. The predicted molar refractivity (Wildman–Crippen MR) is 109 cm³/mol. The van der Waals surface area contributed by atoms with E-state index in [-0.39, 0.29) is 17.3 Å². The van der Waals surface area contributed by atoms with Crippen LogP contribution in [-0.2, 0) is 9.53 Å². The van der Waals surface area contributed by atoms with Crippen LogP contribution < -0.4 is 5.32 Å². The summed E-state index contributed by atoms with van der Waals surface area (Å²) in [5, 5.41) is 7.73. The maximum Gasteiger partial charge on any atom is 0.306 e. The smallest absolute Gasteiger partial charge is 0.306 e. The van der Waals surface area contributed by atoms with Crippen molar-refractivity contribution < 1.29 is 13.9 Å². The lowest BCUT2D eigenvalue weighted by molar-refractivity contribution is -0.141. The van der Waals surface area contributed by atoms with Crippen LogP contribution >= 0.6 is 0 Å². The number of hydrogen-bond acceptors (Lipinski definition) is 5. The molecule has 2 atom stereocenters. The highest BCUT2D eigenvalue weighted by molar-refractivity contribution is 5.70. The summed E-state index contributed by atoms with van der Waals surface area (Å²) in [4.78, 5) is 14.3.